The summed E-state index contributed by atoms with van der Waals surface area (Å²) in [6.07, 6.45) is 0.313. The summed E-state index contributed by atoms with van der Waals surface area (Å²) in [5.41, 5.74) is 6.65. The molecule has 0 amide bonds. The fourth-order valence-electron chi connectivity index (χ4n) is 3.84. The number of aliphatic hydroxyl groups excluding tert-OH is 1. The van der Waals surface area contributed by atoms with E-state index in [0.717, 1.165) is 28.7 Å². The maximum Gasteiger partial charge on any atom is 0.448 e. The van der Waals surface area contributed by atoms with Crippen LogP contribution in [0.25, 0.3) is 44.1 Å². The maximum atomic E-state index is 11.3. The van der Waals surface area contributed by atoms with Crippen molar-refractivity contribution in [2.45, 2.75) is 33.4 Å². The molecule has 0 aliphatic rings. The van der Waals surface area contributed by atoms with E-state index in [-0.39, 0.29) is 55.5 Å². The Labute approximate surface area is 272 Å². The minimum atomic E-state index is -4.81. The van der Waals surface area contributed by atoms with Gasteiger partial charge < -0.3 is 5.11 Å². The molecule has 0 saturated carbocycles. The number of alkyl halides is 3. The van der Waals surface area contributed by atoms with Gasteiger partial charge in [0.15, 0.2) is 5.78 Å². The zero-order chi connectivity index (χ0) is 28.4. The Morgan fingerprint density at radius 3 is 1.43 bits per heavy atom. The van der Waals surface area contributed by atoms with Crippen LogP contribution in [-0.4, -0.2) is 27.0 Å². The summed E-state index contributed by atoms with van der Waals surface area (Å²) in [4.78, 5) is 19.3. The molecule has 1 N–H and O–H groups in total. The Kier molecular flexibility index (Phi) is 13.1. The number of hydrogen-bond acceptors (Lipinski definition) is 4. The van der Waals surface area contributed by atoms with E-state index in [1.54, 1.807) is 0 Å². The minimum absolute atomic E-state index is 0. The molecular formula is C32H29EuF3N2O2. The molecule has 8 heteroatoms. The standard InChI is InChI=1S/C24H16N2.C5H5F3O2.C3H8.Eu/c1-3-7-17(8-4-1)19-13-15-25-23-21(19)11-12-22-20(14-16-26-24(22)23)18-9-5-2-6-10-18;1-3(9)2-4(10)5(6,7)8;1-3-2;/h1-16H;2,10H,1H3;3H2,1-2H3;/b;4-2-;;. The Balaban J connectivity index is 0.000000341. The average Bonchev–Trinajstić information content (AvgIpc) is 2.93. The summed E-state index contributed by atoms with van der Waals surface area (Å²) in [5, 5.41) is 10.3. The molecule has 207 valence electrons. The molecule has 40 heavy (non-hydrogen) atoms. The van der Waals surface area contributed by atoms with E-state index < -0.39 is 17.7 Å². The molecule has 0 fully saturated rings. The van der Waals surface area contributed by atoms with Crippen molar-refractivity contribution in [3.63, 3.8) is 0 Å². The maximum absolute atomic E-state index is 11.3. The molecular weight excluding hydrogens is 653 g/mol. The number of carbonyl (C=O) groups excluding carboxylic acids is 1. The van der Waals surface area contributed by atoms with E-state index in [2.05, 4.69) is 96.6 Å². The van der Waals surface area contributed by atoms with E-state index in [0.29, 0.717) is 0 Å². The smallest absolute Gasteiger partial charge is 0.448 e. The Morgan fingerprint density at radius 1 is 0.750 bits per heavy atom. The summed E-state index contributed by atoms with van der Waals surface area (Å²) in [5.74, 6) is -2.70. The molecule has 5 aromatic rings. The number of rotatable bonds is 3. The van der Waals surface area contributed by atoms with Gasteiger partial charge in [-0.15, -0.1) is 0 Å². The summed E-state index contributed by atoms with van der Waals surface area (Å²) < 4.78 is 34.0. The molecule has 0 unspecified atom stereocenters. The number of nitrogens with zero attached hydrogens (tertiary/aromatic N) is 2. The van der Waals surface area contributed by atoms with Crippen LogP contribution in [0.15, 0.2) is 109 Å². The zero-order valence-electron chi connectivity index (χ0n) is 22.3. The molecule has 0 saturated heterocycles. The fraction of sp³-hybridized carbons (Fsp3) is 0.156. The van der Waals surface area contributed by atoms with Crippen LogP contribution in [0.4, 0.5) is 13.2 Å². The Morgan fingerprint density at radius 2 is 1.12 bits per heavy atom. The number of aromatic nitrogens is 2. The molecule has 2 aromatic heterocycles. The molecule has 0 bridgehead atoms. The first-order chi connectivity index (χ1) is 18.7. The first-order valence-corrected chi connectivity index (χ1v) is 12.4. The van der Waals surface area contributed by atoms with E-state index in [9.17, 15) is 18.0 Å². The third-order valence-corrected chi connectivity index (χ3v) is 5.42. The van der Waals surface area contributed by atoms with Gasteiger partial charge in [-0.05, 0) is 41.3 Å². The minimum Gasteiger partial charge on any atom is -0.504 e. The van der Waals surface area contributed by atoms with Crippen molar-refractivity contribution in [2.75, 3.05) is 0 Å². The third-order valence-electron chi connectivity index (χ3n) is 5.42. The number of pyridine rings is 2. The first-order valence-electron chi connectivity index (χ1n) is 12.4. The molecule has 1 radical (unpaired) electrons. The van der Waals surface area contributed by atoms with Crippen molar-refractivity contribution in [2.24, 2.45) is 0 Å². The predicted octanol–water partition coefficient (Wildman–Crippen LogP) is 9.11. The van der Waals surface area contributed by atoms with Crippen LogP contribution < -0.4 is 0 Å². The summed E-state index contributed by atoms with van der Waals surface area (Å²) in [6.45, 7) is 5.17. The van der Waals surface area contributed by atoms with E-state index in [1.807, 2.05) is 24.5 Å². The average molecular weight is 683 g/mol. The van der Waals surface area contributed by atoms with E-state index in [4.69, 9.17) is 5.11 Å². The van der Waals surface area contributed by atoms with Gasteiger partial charge in [0.25, 0.3) is 0 Å². The number of ketones is 1. The molecule has 5 rings (SSSR count). The topological polar surface area (TPSA) is 63.1 Å². The number of carbonyl (C=O) groups is 1. The van der Waals surface area contributed by atoms with Crippen LogP contribution in [0.2, 0.25) is 0 Å². The van der Waals surface area contributed by atoms with Gasteiger partial charge in [-0.25, -0.2) is 0 Å². The van der Waals surface area contributed by atoms with E-state index >= 15 is 0 Å². The number of fused-ring (bicyclic) bond motifs is 3. The third kappa shape index (κ3) is 8.78. The predicted molar refractivity (Wildman–Crippen MR) is 151 cm³/mol. The monoisotopic (exact) mass is 683 g/mol. The summed E-state index contributed by atoms with van der Waals surface area (Å²) >= 11 is 0. The number of hydrogen-bond donors (Lipinski definition) is 1. The Bertz CT molecular complexity index is 1470. The quantitative estimate of drug-likeness (QED) is 0.117. The summed E-state index contributed by atoms with van der Waals surface area (Å²) in [6, 6.07) is 29.3. The van der Waals surface area contributed by atoms with Crippen LogP contribution in [0.1, 0.15) is 27.2 Å². The largest absolute Gasteiger partial charge is 0.504 e. The van der Waals surface area contributed by atoms with E-state index in [1.165, 1.54) is 28.7 Å². The van der Waals surface area contributed by atoms with Gasteiger partial charge in [-0.3, -0.25) is 14.8 Å². The second-order valence-electron chi connectivity index (χ2n) is 8.65. The second-order valence-corrected chi connectivity index (χ2v) is 8.65. The molecule has 0 aliphatic carbocycles. The van der Waals surface area contributed by atoms with Crippen molar-refractivity contribution in [1.82, 2.24) is 9.97 Å². The molecule has 0 atom stereocenters. The van der Waals surface area contributed by atoms with Crippen LogP contribution in [0.3, 0.4) is 0 Å². The van der Waals surface area contributed by atoms with Gasteiger partial charge in [-0.2, -0.15) is 13.2 Å². The summed E-state index contributed by atoms with van der Waals surface area (Å²) in [7, 11) is 0. The van der Waals surface area contributed by atoms with Gasteiger partial charge in [0.2, 0.25) is 5.76 Å². The SMILES string of the molecule is CC(=O)/C=C(\O)C(F)(F)F.CCC.[Eu].c1ccc(-c2ccnc3c2ccc2c(-c4ccccc4)ccnc23)cc1. The fourth-order valence-corrected chi connectivity index (χ4v) is 3.84. The molecule has 4 nitrogen and oxygen atoms in total. The molecule has 3 aromatic carbocycles. The second kappa shape index (κ2) is 15.7. The number of allylic oxidation sites excluding steroid dienone is 2. The van der Waals surface area contributed by atoms with Gasteiger partial charge >= 0.3 is 6.18 Å². The van der Waals surface area contributed by atoms with Crippen molar-refractivity contribution in [3.05, 3.63) is 109 Å². The molecule has 0 spiro atoms. The number of benzene rings is 3. The van der Waals surface area contributed by atoms with Crippen molar-refractivity contribution >= 4 is 27.6 Å². The van der Waals surface area contributed by atoms with Gasteiger partial charge in [-0.1, -0.05) is 93.1 Å². The van der Waals surface area contributed by atoms with Crippen LogP contribution >= 0.6 is 0 Å². The van der Waals surface area contributed by atoms with Gasteiger partial charge in [0, 0.05) is 78.6 Å². The normalized spacial score (nSPS) is 11.0. The first kappa shape index (κ1) is 33.3. The van der Waals surface area contributed by atoms with Crippen molar-refractivity contribution in [1.29, 1.82) is 0 Å². The van der Waals surface area contributed by atoms with Crippen LogP contribution in [0.5, 0.6) is 0 Å². The van der Waals surface area contributed by atoms with Crippen molar-refractivity contribution < 1.29 is 72.4 Å². The Hall–Kier alpha value is -2.94. The zero-order valence-corrected chi connectivity index (χ0v) is 24.7. The van der Waals surface area contributed by atoms with Crippen LogP contribution in [0, 0.1) is 49.4 Å². The number of aliphatic hydroxyl groups is 1. The molecule has 0 aliphatic heterocycles. The van der Waals surface area contributed by atoms with Gasteiger partial charge in [0.1, 0.15) is 0 Å². The van der Waals surface area contributed by atoms with Crippen molar-refractivity contribution in [3.8, 4) is 22.3 Å². The van der Waals surface area contributed by atoms with Crippen LogP contribution in [-0.2, 0) is 4.79 Å². The van der Waals surface area contributed by atoms with Gasteiger partial charge in [0.05, 0.1) is 11.0 Å². The number of halogens is 3. The molecule has 2 heterocycles.